The number of rotatable bonds is 5. The number of nitrogens with one attached hydrogen (secondary N) is 1. The van der Waals surface area contributed by atoms with Crippen LogP contribution < -0.4 is 5.32 Å². The highest BCUT2D eigenvalue weighted by Gasteiger charge is 2.15. The summed E-state index contributed by atoms with van der Waals surface area (Å²) < 4.78 is 26.3. The predicted molar refractivity (Wildman–Crippen MR) is 77.9 cm³/mol. The Balaban J connectivity index is 2.26. The van der Waals surface area contributed by atoms with Gasteiger partial charge in [0.25, 0.3) is 0 Å². The smallest absolute Gasteiger partial charge is 0.123 e. The standard InChI is InChI=1S/C16H16ClF2N/c1-2-20-16(9-11-3-5-12(18)6-4-11)14-10-13(19)7-8-15(14)17/h3-8,10,16,20H,2,9H2,1H3. The molecule has 0 aliphatic heterocycles. The monoisotopic (exact) mass is 295 g/mol. The van der Waals surface area contributed by atoms with E-state index in [-0.39, 0.29) is 17.7 Å². The topological polar surface area (TPSA) is 12.0 Å². The fraction of sp³-hybridized carbons (Fsp3) is 0.250. The van der Waals surface area contributed by atoms with Gasteiger partial charge in [0, 0.05) is 11.1 Å². The van der Waals surface area contributed by atoms with E-state index in [4.69, 9.17) is 11.6 Å². The highest BCUT2D eigenvalue weighted by Crippen LogP contribution is 2.26. The number of benzene rings is 2. The maximum absolute atomic E-state index is 13.4. The lowest BCUT2D eigenvalue weighted by molar-refractivity contribution is 0.542. The second kappa shape index (κ2) is 6.82. The number of hydrogen-bond donors (Lipinski definition) is 1. The van der Waals surface area contributed by atoms with Crippen molar-refractivity contribution in [3.63, 3.8) is 0 Å². The van der Waals surface area contributed by atoms with Crippen LogP contribution in [0.5, 0.6) is 0 Å². The highest BCUT2D eigenvalue weighted by molar-refractivity contribution is 6.31. The van der Waals surface area contributed by atoms with Crippen molar-refractivity contribution in [2.24, 2.45) is 0 Å². The first-order valence-corrected chi connectivity index (χ1v) is 6.90. The predicted octanol–water partition coefficient (Wildman–Crippen LogP) is 4.51. The number of hydrogen-bond acceptors (Lipinski definition) is 1. The summed E-state index contributed by atoms with van der Waals surface area (Å²) in [4.78, 5) is 0. The van der Waals surface area contributed by atoms with E-state index < -0.39 is 0 Å². The second-order valence-corrected chi connectivity index (χ2v) is 5.01. The van der Waals surface area contributed by atoms with Crippen molar-refractivity contribution in [3.05, 3.63) is 70.2 Å². The fourth-order valence-corrected chi connectivity index (χ4v) is 2.43. The average molecular weight is 296 g/mol. The molecule has 0 amide bonds. The van der Waals surface area contributed by atoms with Crippen LogP contribution in [-0.4, -0.2) is 6.54 Å². The Kier molecular flexibility index (Phi) is 5.10. The number of likely N-dealkylation sites (N-methyl/N-ethyl adjacent to an activating group) is 1. The third-order valence-electron chi connectivity index (χ3n) is 3.14. The molecular formula is C16H16ClF2N. The molecular weight excluding hydrogens is 280 g/mol. The molecule has 2 aromatic carbocycles. The van der Waals surface area contributed by atoms with Crippen LogP contribution in [0.1, 0.15) is 24.1 Å². The van der Waals surface area contributed by atoms with Gasteiger partial charge in [0.1, 0.15) is 11.6 Å². The lowest BCUT2D eigenvalue weighted by Gasteiger charge is -2.20. The Hall–Kier alpha value is -1.45. The van der Waals surface area contributed by atoms with Gasteiger partial charge in [-0.3, -0.25) is 0 Å². The molecule has 4 heteroatoms. The van der Waals surface area contributed by atoms with Crippen LogP contribution in [0.25, 0.3) is 0 Å². The van der Waals surface area contributed by atoms with Gasteiger partial charge in [-0.05, 0) is 54.4 Å². The van der Waals surface area contributed by atoms with Crippen LogP contribution in [0.3, 0.4) is 0 Å². The summed E-state index contributed by atoms with van der Waals surface area (Å²) >= 11 is 6.15. The molecule has 2 aromatic rings. The van der Waals surface area contributed by atoms with E-state index in [0.717, 1.165) is 17.7 Å². The van der Waals surface area contributed by atoms with E-state index in [1.165, 1.54) is 24.3 Å². The molecule has 0 aliphatic rings. The molecule has 2 rings (SSSR count). The van der Waals surface area contributed by atoms with Crippen molar-refractivity contribution < 1.29 is 8.78 Å². The lowest BCUT2D eigenvalue weighted by atomic mass is 9.98. The fourth-order valence-electron chi connectivity index (χ4n) is 2.18. The van der Waals surface area contributed by atoms with Gasteiger partial charge in [0.2, 0.25) is 0 Å². The molecule has 0 saturated heterocycles. The van der Waals surface area contributed by atoms with E-state index >= 15 is 0 Å². The summed E-state index contributed by atoms with van der Waals surface area (Å²) in [5.41, 5.74) is 1.69. The molecule has 0 heterocycles. The molecule has 106 valence electrons. The molecule has 0 fully saturated rings. The molecule has 0 radical (unpaired) electrons. The first-order valence-electron chi connectivity index (χ1n) is 6.53. The normalized spacial score (nSPS) is 12.4. The largest absolute Gasteiger partial charge is 0.310 e. The van der Waals surface area contributed by atoms with E-state index in [1.54, 1.807) is 18.2 Å². The summed E-state index contributed by atoms with van der Waals surface area (Å²) in [5, 5.41) is 3.81. The third-order valence-corrected chi connectivity index (χ3v) is 3.48. The van der Waals surface area contributed by atoms with Crippen molar-refractivity contribution in [2.75, 3.05) is 6.54 Å². The van der Waals surface area contributed by atoms with Crippen LogP contribution >= 0.6 is 11.6 Å². The summed E-state index contributed by atoms with van der Waals surface area (Å²) in [6.45, 7) is 2.71. The second-order valence-electron chi connectivity index (χ2n) is 4.61. The Morgan fingerprint density at radius 3 is 2.35 bits per heavy atom. The third kappa shape index (κ3) is 3.78. The lowest BCUT2D eigenvalue weighted by Crippen LogP contribution is -2.23. The van der Waals surface area contributed by atoms with Crippen LogP contribution in [0.15, 0.2) is 42.5 Å². The Bertz CT molecular complexity index is 569. The average Bonchev–Trinajstić information content (AvgIpc) is 2.43. The van der Waals surface area contributed by atoms with Crippen LogP contribution in [-0.2, 0) is 6.42 Å². The van der Waals surface area contributed by atoms with E-state index in [1.807, 2.05) is 6.92 Å². The SMILES string of the molecule is CCNC(Cc1ccc(F)cc1)c1cc(F)ccc1Cl. The molecule has 1 unspecified atom stereocenters. The maximum Gasteiger partial charge on any atom is 0.123 e. The molecule has 20 heavy (non-hydrogen) atoms. The van der Waals surface area contributed by atoms with Gasteiger partial charge in [-0.15, -0.1) is 0 Å². The molecule has 0 aliphatic carbocycles. The molecule has 0 aromatic heterocycles. The van der Waals surface area contributed by atoms with Gasteiger partial charge in [0.05, 0.1) is 0 Å². The van der Waals surface area contributed by atoms with Crippen molar-refractivity contribution in [3.8, 4) is 0 Å². The zero-order chi connectivity index (χ0) is 14.5. The minimum Gasteiger partial charge on any atom is -0.310 e. The van der Waals surface area contributed by atoms with Crippen molar-refractivity contribution in [2.45, 2.75) is 19.4 Å². The van der Waals surface area contributed by atoms with Crippen LogP contribution in [0, 0.1) is 11.6 Å². The van der Waals surface area contributed by atoms with Crippen molar-refractivity contribution in [1.82, 2.24) is 5.32 Å². The minimum atomic E-state index is -0.314. The first-order chi connectivity index (χ1) is 9.60. The highest BCUT2D eigenvalue weighted by atomic mass is 35.5. The zero-order valence-corrected chi connectivity index (χ0v) is 11.9. The van der Waals surface area contributed by atoms with Gasteiger partial charge in [-0.1, -0.05) is 30.7 Å². The van der Waals surface area contributed by atoms with E-state index in [9.17, 15) is 8.78 Å². The van der Waals surface area contributed by atoms with Crippen LogP contribution in [0.4, 0.5) is 8.78 Å². The quantitative estimate of drug-likeness (QED) is 0.855. The van der Waals surface area contributed by atoms with Gasteiger partial charge in [-0.25, -0.2) is 8.78 Å². The van der Waals surface area contributed by atoms with Gasteiger partial charge in [-0.2, -0.15) is 0 Å². The van der Waals surface area contributed by atoms with Crippen molar-refractivity contribution in [1.29, 1.82) is 0 Å². The number of halogens is 3. The van der Waals surface area contributed by atoms with Crippen molar-refractivity contribution >= 4 is 11.6 Å². The molecule has 0 saturated carbocycles. The maximum atomic E-state index is 13.4. The molecule has 0 spiro atoms. The summed E-state index contributed by atoms with van der Waals surface area (Å²) in [5.74, 6) is -0.580. The molecule has 0 bridgehead atoms. The van der Waals surface area contributed by atoms with E-state index in [2.05, 4.69) is 5.32 Å². The summed E-state index contributed by atoms with van der Waals surface area (Å²) in [6, 6.07) is 10.5. The molecule has 1 nitrogen and oxygen atoms in total. The first kappa shape index (κ1) is 14.9. The Labute approximate surface area is 122 Å². The summed E-state index contributed by atoms with van der Waals surface area (Å²) in [6.07, 6.45) is 0.622. The minimum absolute atomic E-state index is 0.103. The molecule has 1 atom stereocenters. The van der Waals surface area contributed by atoms with Gasteiger partial charge >= 0.3 is 0 Å². The Morgan fingerprint density at radius 2 is 1.70 bits per heavy atom. The zero-order valence-electron chi connectivity index (χ0n) is 11.2. The van der Waals surface area contributed by atoms with Gasteiger partial charge in [0.15, 0.2) is 0 Å². The Morgan fingerprint density at radius 1 is 1.05 bits per heavy atom. The van der Waals surface area contributed by atoms with Crippen LogP contribution in [0.2, 0.25) is 5.02 Å². The van der Waals surface area contributed by atoms with E-state index in [0.29, 0.717) is 11.4 Å². The van der Waals surface area contributed by atoms with Gasteiger partial charge < -0.3 is 5.32 Å². The molecule has 1 N–H and O–H groups in total. The summed E-state index contributed by atoms with van der Waals surface area (Å²) in [7, 11) is 0.